The molecule has 0 fully saturated rings. The third-order valence-electron chi connectivity index (χ3n) is 1.83. The van der Waals surface area contributed by atoms with Crippen molar-refractivity contribution in [2.45, 2.75) is 47.0 Å². The van der Waals surface area contributed by atoms with E-state index in [1.165, 1.54) is 19.3 Å². The van der Waals surface area contributed by atoms with Crippen LogP contribution in [0, 0.1) is 5.92 Å². The van der Waals surface area contributed by atoms with E-state index in [0.717, 1.165) is 12.5 Å². The van der Waals surface area contributed by atoms with E-state index in [1.807, 2.05) is 7.05 Å². The van der Waals surface area contributed by atoms with Crippen molar-refractivity contribution in [2.24, 2.45) is 5.92 Å². The van der Waals surface area contributed by atoms with Crippen molar-refractivity contribution in [1.29, 1.82) is 0 Å². The summed E-state index contributed by atoms with van der Waals surface area (Å²) in [5.74, 6) is 0.949. The molecular formula is C10H25N. The van der Waals surface area contributed by atoms with E-state index >= 15 is 0 Å². The maximum Gasteiger partial charge on any atom is -0.00804 e. The Balaban J connectivity index is 0. The molecule has 1 nitrogen and oxygen atoms in total. The molecule has 0 saturated heterocycles. The molecule has 1 atom stereocenters. The summed E-state index contributed by atoms with van der Waals surface area (Å²) in [6, 6.07) is 0. The molecule has 11 heavy (non-hydrogen) atoms. The first-order chi connectivity index (χ1) is 5.22. The van der Waals surface area contributed by atoms with Gasteiger partial charge in [-0.1, -0.05) is 47.0 Å². The molecule has 0 bridgehead atoms. The van der Waals surface area contributed by atoms with Crippen molar-refractivity contribution in [3.63, 3.8) is 0 Å². The molecule has 0 saturated carbocycles. The highest BCUT2D eigenvalue weighted by molar-refractivity contribution is 4.45. The van der Waals surface area contributed by atoms with E-state index in [4.69, 9.17) is 0 Å². The van der Waals surface area contributed by atoms with Gasteiger partial charge in [0.25, 0.3) is 0 Å². The minimum Gasteiger partial charge on any atom is -0.320 e. The fourth-order valence-corrected chi connectivity index (χ4v) is 0.697. The summed E-state index contributed by atoms with van der Waals surface area (Å²) >= 11 is 0. The van der Waals surface area contributed by atoms with Crippen LogP contribution in [0.1, 0.15) is 47.0 Å². The fraction of sp³-hybridized carbons (Fsp3) is 1.00. The Bertz CT molecular complexity index is 50.8. The summed E-state index contributed by atoms with van der Waals surface area (Å²) in [6.07, 6.45) is 4.08. The standard InChI is InChI=1S/C7H16.C3H9N/c1-4-6-7(3)5-2;1-3-4-2/h7H,4-6H2,1-3H3;4H,3H2,1-2H3. The highest BCUT2D eigenvalue weighted by Crippen LogP contribution is 2.07. The van der Waals surface area contributed by atoms with Gasteiger partial charge >= 0.3 is 0 Å². The Hall–Kier alpha value is -0.0400. The molecule has 0 aliphatic heterocycles. The van der Waals surface area contributed by atoms with Crippen molar-refractivity contribution in [2.75, 3.05) is 13.6 Å². The number of hydrogen-bond donors (Lipinski definition) is 1. The molecule has 1 unspecified atom stereocenters. The largest absolute Gasteiger partial charge is 0.320 e. The average molecular weight is 159 g/mol. The molecular weight excluding hydrogens is 134 g/mol. The minimum absolute atomic E-state index is 0.949. The molecule has 0 heterocycles. The van der Waals surface area contributed by atoms with Crippen LogP contribution in [-0.2, 0) is 0 Å². The van der Waals surface area contributed by atoms with Crippen molar-refractivity contribution >= 4 is 0 Å². The lowest BCUT2D eigenvalue weighted by Crippen LogP contribution is -2.01. The van der Waals surface area contributed by atoms with Crippen molar-refractivity contribution in [3.8, 4) is 0 Å². The van der Waals surface area contributed by atoms with Gasteiger partial charge in [-0.3, -0.25) is 0 Å². The lowest BCUT2D eigenvalue weighted by molar-refractivity contribution is 0.509. The SMILES string of the molecule is CCCC(C)CC.CCNC. The van der Waals surface area contributed by atoms with E-state index in [0.29, 0.717) is 0 Å². The van der Waals surface area contributed by atoms with Gasteiger partial charge in [0.2, 0.25) is 0 Å². The maximum absolute atomic E-state index is 2.93. The van der Waals surface area contributed by atoms with Gasteiger partial charge in [0.05, 0.1) is 0 Å². The zero-order valence-corrected chi connectivity index (χ0v) is 8.91. The Morgan fingerprint density at radius 1 is 1.18 bits per heavy atom. The molecule has 0 spiro atoms. The first-order valence-electron chi connectivity index (χ1n) is 4.87. The Labute approximate surface area is 72.6 Å². The third kappa shape index (κ3) is 17.8. The van der Waals surface area contributed by atoms with Gasteiger partial charge in [-0.25, -0.2) is 0 Å². The smallest absolute Gasteiger partial charge is 0.00804 e. The van der Waals surface area contributed by atoms with Crippen LogP contribution >= 0.6 is 0 Å². The molecule has 0 amide bonds. The van der Waals surface area contributed by atoms with Gasteiger partial charge in [-0.15, -0.1) is 0 Å². The fourth-order valence-electron chi connectivity index (χ4n) is 0.697. The van der Waals surface area contributed by atoms with Crippen LogP contribution in [0.25, 0.3) is 0 Å². The lowest BCUT2D eigenvalue weighted by atomic mass is 10.0. The van der Waals surface area contributed by atoms with E-state index in [1.54, 1.807) is 0 Å². The zero-order chi connectivity index (χ0) is 9.11. The van der Waals surface area contributed by atoms with Crippen molar-refractivity contribution in [1.82, 2.24) is 5.32 Å². The number of hydrogen-bond acceptors (Lipinski definition) is 1. The summed E-state index contributed by atoms with van der Waals surface area (Å²) in [5, 5.41) is 2.93. The normalized spacial score (nSPS) is 11.7. The quantitative estimate of drug-likeness (QED) is 0.665. The van der Waals surface area contributed by atoms with Crippen LogP contribution in [0.5, 0.6) is 0 Å². The van der Waals surface area contributed by atoms with Crippen LogP contribution < -0.4 is 5.32 Å². The average Bonchev–Trinajstić information content (AvgIpc) is 2.05. The maximum atomic E-state index is 2.93. The Morgan fingerprint density at radius 2 is 1.64 bits per heavy atom. The molecule has 0 aromatic rings. The predicted molar refractivity (Wildman–Crippen MR) is 54.0 cm³/mol. The van der Waals surface area contributed by atoms with E-state index in [2.05, 4.69) is 33.0 Å². The molecule has 1 heteroatoms. The van der Waals surface area contributed by atoms with Crippen LogP contribution in [0.4, 0.5) is 0 Å². The van der Waals surface area contributed by atoms with Crippen LogP contribution in [0.3, 0.4) is 0 Å². The summed E-state index contributed by atoms with van der Waals surface area (Å²) in [7, 11) is 1.93. The van der Waals surface area contributed by atoms with E-state index in [9.17, 15) is 0 Å². The molecule has 1 N–H and O–H groups in total. The second kappa shape index (κ2) is 12.6. The number of nitrogens with one attached hydrogen (secondary N) is 1. The second-order valence-electron chi connectivity index (χ2n) is 3.01. The highest BCUT2D eigenvalue weighted by atomic mass is 14.8. The lowest BCUT2D eigenvalue weighted by Gasteiger charge is -2.02. The summed E-state index contributed by atoms with van der Waals surface area (Å²) in [4.78, 5) is 0. The van der Waals surface area contributed by atoms with Gasteiger partial charge in [0.1, 0.15) is 0 Å². The molecule has 0 aliphatic rings. The van der Waals surface area contributed by atoms with Gasteiger partial charge in [-0.05, 0) is 19.5 Å². The molecule has 70 valence electrons. The molecule has 0 rings (SSSR count). The highest BCUT2D eigenvalue weighted by Gasteiger charge is 1.92. The van der Waals surface area contributed by atoms with Crippen LogP contribution in [0.2, 0.25) is 0 Å². The summed E-state index contributed by atoms with van der Waals surface area (Å²) < 4.78 is 0. The van der Waals surface area contributed by atoms with Crippen molar-refractivity contribution < 1.29 is 0 Å². The molecule has 0 aromatic heterocycles. The minimum atomic E-state index is 0.949. The molecule has 0 radical (unpaired) electrons. The van der Waals surface area contributed by atoms with E-state index < -0.39 is 0 Å². The topological polar surface area (TPSA) is 12.0 Å². The van der Waals surface area contributed by atoms with E-state index in [-0.39, 0.29) is 0 Å². The predicted octanol–water partition coefficient (Wildman–Crippen LogP) is 3.06. The summed E-state index contributed by atoms with van der Waals surface area (Å²) in [5.41, 5.74) is 0. The van der Waals surface area contributed by atoms with Gasteiger partial charge in [0, 0.05) is 0 Å². The summed E-state index contributed by atoms with van der Waals surface area (Å²) in [6.45, 7) is 9.94. The molecule has 0 aliphatic carbocycles. The van der Waals surface area contributed by atoms with Gasteiger partial charge < -0.3 is 5.32 Å². The second-order valence-corrected chi connectivity index (χ2v) is 3.01. The van der Waals surface area contributed by atoms with Gasteiger partial charge in [0.15, 0.2) is 0 Å². The number of rotatable bonds is 4. The monoisotopic (exact) mass is 159 g/mol. The third-order valence-corrected chi connectivity index (χ3v) is 1.83. The first-order valence-corrected chi connectivity index (χ1v) is 4.87. The Morgan fingerprint density at radius 3 is 1.73 bits per heavy atom. The van der Waals surface area contributed by atoms with Gasteiger partial charge in [-0.2, -0.15) is 0 Å². The van der Waals surface area contributed by atoms with Crippen LogP contribution in [0.15, 0.2) is 0 Å². The Kier molecular flexibility index (Phi) is 15.5. The molecule has 0 aromatic carbocycles. The first kappa shape index (κ1) is 13.5. The van der Waals surface area contributed by atoms with Crippen molar-refractivity contribution in [3.05, 3.63) is 0 Å². The van der Waals surface area contributed by atoms with Crippen LogP contribution in [-0.4, -0.2) is 13.6 Å². The zero-order valence-electron chi connectivity index (χ0n) is 8.91.